The molecule has 6 nitrogen and oxygen atoms in total. The van der Waals surface area contributed by atoms with Gasteiger partial charge in [0.25, 0.3) is 5.56 Å². The molecule has 0 aliphatic carbocycles. The third kappa shape index (κ3) is 4.83. The van der Waals surface area contributed by atoms with Crippen LogP contribution in [0.15, 0.2) is 88.3 Å². The Morgan fingerprint density at radius 3 is 2.15 bits per heavy atom. The van der Waals surface area contributed by atoms with Crippen molar-refractivity contribution in [2.45, 2.75) is 6.18 Å². The van der Waals surface area contributed by atoms with E-state index in [1.54, 1.807) is 36.5 Å². The number of methoxy groups -OCH3 is 2. The quantitative estimate of drug-likeness (QED) is 0.159. The zero-order valence-electron chi connectivity index (χ0n) is 20.5. The molecule has 4 aromatic carbocycles. The smallest absolute Gasteiger partial charge is 0.417 e. The Balaban J connectivity index is 1.67. The van der Waals surface area contributed by atoms with Crippen molar-refractivity contribution in [3.63, 3.8) is 0 Å². The number of halogens is 4. The zero-order chi connectivity index (χ0) is 27.9. The molecule has 0 spiro atoms. The number of nitrogens with zero attached hydrogens (tertiary/aromatic N) is 1. The van der Waals surface area contributed by atoms with Gasteiger partial charge in [-0.1, -0.05) is 24.3 Å². The van der Waals surface area contributed by atoms with E-state index in [-0.39, 0.29) is 27.5 Å². The van der Waals surface area contributed by atoms with Crippen LogP contribution in [0.4, 0.5) is 13.2 Å². The van der Waals surface area contributed by atoms with E-state index in [0.717, 1.165) is 12.1 Å². The zero-order valence-corrected chi connectivity index (χ0v) is 22.1. The maximum absolute atomic E-state index is 13.7. The van der Waals surface area contributed by atoms with Crippen LogP contribution in [0.25, 0.3) is 27.2 Å². The number of hydrogen-bond acceptors (Lipinski definition) is 5. The number of ether oxygens (including phenoxy) is 3. The van der Waals surface area contributed by atoms with Crippen LogP contribution in [0.3, 0.4) is 0 Å². The van der Waals surface area contributed by atoms with Crippen molar-refractivity contribution in [3.8, 4) is 22.9 Å². The van der Waals surface area contributed by atoms with E-state index in [4.69, 9.17) is 14.2 Å². The Bertz CT molecular complexity index is 1800. The molecule has 198 valence electrons. The van der Waals surface area contributed by atoms with Crippen LogP contribution in [0.2, 0.25) is 0 Å². The highest BCUT2D eigenvalue weighted by Crippen LogP contribution is 2.38. The molecule has 0 aliphatic heterocycles. The minimum absolute atomic E-state index is 0.0707. The first-order valence-electron chi connectivity index (χ1n) is 11.5. The summed E-state index contributed by atoms with van der Waals surface area (Å²) in [6.45, 7) is 0. The molecule has 0 saturated heterocycles. The largest absolute Gasteiger partial charge is 0.497 e. The molecule has 1 aromatic heterocycles. The van der Waals surface area contributed by atoms with Gasteiger partial charge in [-0.3, -0.25) is 9.36 Å². The van der Waals surface area contributed by atoms with E-state index >= 15 is 0 Å². The van der Waals surface area contributed by atoms with Gasteiger partial charge in [0.1, 0.15) is 17.2 Å². The number of aromatic nitrogens is 1. The number of fused-ring (bicyclic) bond motifs is 2. The predicted molar refractivity (Wildman–Crippen MR) is 144 cm³/mol. The molecule has 0 atom stereocenters. The second-order valence-electron chi connectivity index (χ2n) is 8.49. The van der Waals surface area contributed by atoms with Crippen LogP contribution in [-0.2, 0) is 6.18 Å². The number of carbonyl (C=O) groups excluding carboxylic acids is 1. The van der Waals surface area contributed by atoms with Crippen molar-refractivity contribution in [1.29, 1.82) is 0 Å². The summed E-state index contributed by atoms with van der Waals surface area (Å²) >= 11 is 3.49. The van der Waals surface area contributed by atoms with Crippen LogP contribution >= 0.6 is 15.9 Å². The first kappa shape index (κ1) is 26.3. The molecule has 0 amide bonds. The molecule has 1 heterocycles. The predicted octanol–water partition coefficient (Wildman–Crippen LogP) is 7.16. The fourth-order valence-corrected chi connectivity index (χ4v) is 4.89. The molecular formula is C29H19BrF3NO5. The first-order chi connectivity index (χ1) is 18.6. The second kappa shape index (κ2) is 10.1. The molecule has 0 bridgehead atoms. The average molecular weight is 598 g/mol. The van der Waals surface area contributed by atoms with Crippen LogP contribution in [0.5, 0.6) is 17.2 Å². The van der Waals surface area contributed by atoms with Gasteiger partial charge < -0.3 is 14.2 Å². The third-order valence-electron chi connectivity index (χ3n) is 6.25. The maximum atomic E-state index is 13.7. The van der Waals surface area contributed by atoms with Crippen LogP contribution in [-0.4, -0.2) is 24.8 Å². The minimum Gasteiger partial charge on any atom is -0.497 e. The molecule has 0 aliphatic rings. The number of rotatable bonds is 5. The van der Waals surface area contributed by atoms with E-state index in [1.165, 1.54) is 49.1 Å². The molecule has 0 saturated carbocycles. The van der Waals surface area contributed by atoms with E-state index in [2.05, 4.69) is 15.9 Å². The van der Waals surface area contributed by atoms with Crippen molar-refractivity contribution in [2.75, 3.05) is 14.2 Å². The minimum atomic E-state index is -4.61. The summed E-state index contributed by atoms with van der Waals surface area (Å²) in [5, 5.41) is 0.427. The number of hydrogen-bond donors (Lipinski definition) is 0. The lowest BCUT2D eigenvalue weighted by Crippen LogP contribution is -2.20. The van der Waals surface area contributed by atoms with Gasteiger partial charge >= 0.3 is 12.1 Å². The number of carbonyl (C=O) groups is 1. The molecular weight excluding hydrogens is 579 g/mol. The van der Waals surface area contributed by atoms with Gasteiger partial charge in [0.05, 0.1) is 30.7 Å². The molecule has 5 aromatic rings. The first-order valence-corrected chi connectivity index (χ1v) is 12.3. The van der Waals surface area contributed by atoms with E-state index in [9.17, 15) is 22.8 Å². The molecule has 5 rings (SSSR count). The van der Waals surface area contributed by atoms with E-state index in [1.807, 2.05) is 0 Å². The Morgan fingerprint density at radius 2 is 1.51 bits per heavy atom. The van der Waals surface area contributed by atoms with Crippen molar-refractivity contribution in [2.24, 2.45) is 0 Å². The van der Waals surface area contributed by atoms with Crippen LogP contribution in [0.1, 0.15) is 15.9 Å². The fourth-order valence-electron chi connectivity index (χ4n) is 4.37. The average Bonchev–Trinajstić information content (AvgIpc) is 2.93. The molecule has 0 fully saturated rings. The van der Waals surface area contributed by atoms with Crippen molar-refractivity contribution in [3.05, 3.63) is 105 Å². The van der Waals surface area contributed by atoms with Gasteiger partial charge in [-0.15, -0.1) is 0 Å². The Kier molecular flexibility index (Phi) is 6.82. The summed E-state index contributed by atoms with van der Waals surface area (Å²) in [7, 11) is 2.95. The maximum Gasteiger partial charge on any atom is 0.417 e. The number of esters is 1. The highest BCUT2D eigenvalue weighted by molar-refractivity contribution is 9.10. The van der Waals surface area contributed by atoms with Gasteiger partial charge in [0.15, 0.2) is 0 Å². The number of alkyl halides is 3. The molecule has 10 heteroatoms. The van der Waals surface area contributed by atoms with Crippen LogP contribution in [0, 0.1) is 0 Å². The summed E-state index contributed by atoms with van der Waals surface area (Å²) in [5.74, 6) is -0.114. The highest BCUT2D eigenvalue weighted by Gasteiger charge is 2.33. The second-order valence-corrected chi connectivity index (χ2v) is 9.35. The normalized spacial score (nSPS) is 11.5. The molecule has 39 heavy (non-hydrogen) atoms. The van der Waals surface area contributed by atoms with Gasteiger partial charge in [0.2, 0.25) is 0 Å². The Morgan fingerprint density at radius 1 is 0.846 bits per heavy atom. The van der Waals surface area contributed by atoms with Gasteiger partial charge in [-0.25, -0.2) is 4.79 Å². The molecule has 0 radical (unpaired) electrons. The van der Waals surface area contributed by atoms with Gasteiger partial charge in [-0.2, -0.15) is 13.2 Å². The lowest BCUT2D eigenvalue weighted by Gasteiger charge is -2.16. The highest BCUT2D eigenvalue weighted by atomic mass is 79.9. The summed E-state index contributed by atoms with van der Waals surface area (Å²) in [6.07, 6.45) is -3.02. The monoisotopic (exact) mass is 597 g/mol. The topological polar surface area (TPSA) is 66.8 Å². The summed E-state index contributed by atoms with van der Waals surface area (Å²) < 4.78 is 58.9. The Hall–Kier alpha value is -4.31. The molecule has 0 unspecified atom stereocenters. The van der Waals surface area contributed by atoms with Crippen molar-refractivity contribution < 1.29 is 32.2 Å². The number of benzene rings is 4. The van der Waals surface area contributed by atoms with Crippen molar-refractivity contribution >= 4 is 43.4 Å². The van der Waals surface area contributed by atoms with Crippen molar-refractivity contribution in [1.82, 2.24) is 4.57 Å². The number of pyridine rings is 1. The van der Waals surface area contributed by atoms with E-state index < -0.39 is 23.3 Å². The molecule has 0 N–H and O–H groups in total. The lowest BCUT2D eigenvalue weighted by molar-refractivity contribution is -0.136. The fraction of sp³-hybridized carbons (Fsp3) is 0.103. The summed E-state index contributed by atoms with van der Waals surface area (Å²) in [6, 6.07) is 17.4. The van der Waals surface area contributed by atoms with Gasteiger partial charge in [0, 0.05) is 27.8 Å². The van der Waals surface area contributed by atoms with Gasteiger partial charge in [-0.05, 0) is 69.2 Å². The standard InChI is InChI=1S/C29H19BrF3NO5/c1-37-17-9-7-16(8-10-17)34-15-24(30)22-13-18(38-2)14-25(26(22)27(34)35)39-28(36)21-11-12-23(29(31,32)33)20-6-4-3-5-19(20)21/h3-15H,1-2H3. The van der Waals surface area contributed by atoms with Crippen LogP contribution < -0.4 is 19.8 Å². The Labute approximate surface area is 228 Å². The van der Waals surface area contributed by atoms with E-state index in [0.29, 0.717) is 27.0 Å². The lowest BCUT2D eigenvalue weighted by atomic mass is 9.99. The third-order valence-corrected chi connectivity index (χ3v) is 6.88. The summed E-state index contributed by atoms with van der Waals surface area (Å²) in [5.41, 5.74) is -0.904. The summed E-state index contributed by atoms with van der Waals surface area (Å²) in [4.78, 5) is 27.1. The SMILES string of the molecule is COc1ccc(-n2cc(Br)c3cc(OC)cc(OC(=O)c4ccc(C(F)(F)F)c5ccccc45)c3c2=O)cc1.